The molecule has 4 nitrogen and oxygen atoms in total. The predicted molar refractivity (Wildman–Crippen MR) is 101 cm³/mol. The Hall–Kier alpha value is -2.30. The van der Waals surface area contributed by atoms with Gasteiger partial charge in [-0.05, 0) is 73.1 Å². The molecule has 136 valence electrons. The second-order valence-electron chi connectivity index (χ2n) is 7.00. The molecule has 2 aromatic carbocycles. The zero-order chi connectivity index (χ0) is 18.1. The summed E-state index contributed by atoms with van der Waals surface area (Å²) in [6.07, 6.45) is 4.56. The SMILES string of the molecule is Cc1cc2occ(O)c2c(C)c1-c1cccc(COC2CCCCO2)c1. The number of ether oxygens (including phenoxy) is 2. The normalized spacial score (nSPS) is 17.7. The molecule has 4 heteroatoms. The molecule has 0 saturated carbocycles. The Bertz CT molecular complexity index is 919. The van der Waals surface area contributed by atoms with Gasteiger partial charge in [-0.2, -0.15) is 0 Å². The number of hydrogen-bond acceptors (Lipinski definition) is 4. The quantitative estimate of drug-likeness (QED) is 0.677. The van der Waals surface area contributed by atoms with Crippen molar-refractivity contribution in [2.75, 3.05) is 6.61 Å². The molecule has 0 amide bonds. The van der Waals surface area contributed by atoms with Crippen molar-refractivity contribution in [1.29, 1.82) is 0 Å². The van der Waals surface area contributed by atoms with Gasteiger partial charge >= 0.3 is 0 Å². The molecule has 1 fully saturated rings. The van der Waals surface area contributed by atoms with Gasteiger partial charge in [-0.25, -0.2) is 0 Å². The van der Waals surface area contributed by atoms with Crippen molar-refractivity contribution < 1.29 is 19.0 Å². The minimum atomic E-state index is -0.0879. The summed E-state index contributed by atoms with van der Waals surface area (Å²) in [4.78, 5) is 0. The van der Waals surface area contributed by atoms with Gasteiger partial charge in [0.1, 0.15) is 11.8 Å². The molecule has 1 aliphatic heterocycles. The van der Waals surface area contributed by atoms with E-state index in [1.165, 1.54) is 6.26 Å². The van der Waals surface area contributed by atoms with Crippen molar-refractivity contribution in [3.63, 3.8) is 0 Å². The number of benzene rings is 2. The smallest absolute Gasteiger partial charge is 0.162 e. The van der Waals surface area contributed by atoms with Gasteiger partial charge in [0.05, 0.1) is 12.0 Å². The van der Waals surface area contributed by atoms with Crippen LogP contribution in [-0.4, -0.2) is 18.0 Å². The molecular weight excluding hydrogens is 328 g/mol. The Kier molecular flexibility index (Phi) is 4.70. The van der Waals surface area contributed by atoms with E-state index in [1.807, 2.05) is 19.1 Å². The summed E-state index contributed by atoms with van der Waals surface area (Å²) in [5, 5.41) is 10.9. The maximum atomic E-state index is 10.1. The zero-order valence-corrected chi connectivity index (χ0v) is 15.2. The minimum absolute atomic E-state index is 0.0879. The second-order valence-corrected chi connectivity index (χ2v) is 7.00. The Balaban J connectivity index is 1.64. The second kappa shape index (κ2) is 7.14. The molecule has 0 radical (unpaired) electrons. The van der Waals surface area contributed by atoms with E-state index in [-0.39, 0.29) is 12.0 Å². The monoisotopic (exact) mass is 352 g/mol. The number of rotatable bonds is 4. The molecular formula is C22H24O4. The standard InChI is InChI=1S/C22H24O4/c1-14-10-19-22(18(23)13-25-19)15(2)21(14)17-7-5-6-16(11-17)12-26-20-8-3-4-9-24-20/h5-7,10-11,13,20,23H,3-4,8-9,12H2,1-2H3. The van der Waals surface area contributed by atoms with Crippen LogP contribution < -0.4 is 0 Å². The largest absolute Gasteiger partial charge is 0.504 e. The first-order valence-electron chi connectivity index (χ1n) is 9.16. The van der Waals surface area contributed by atoms with Crippen LogP contribution in [0, 0.1) is 13.8 Å². The topological polar surface area (TPSA) is 51.8 Å². The lowest BCUT2D eigenvalue weighted by atomic mass is 9.92. The first kappa shape index (κ1) is 17.1. The molecule has 3 aromatic rings. The van der Waals surface area contributed by atoms with E-state index in [4.69, 9.17) is 13.9 Å². The Labute approximate surface area is 153 Å². The van der Waals surface area contributed by atoms with Crippen LogP contribution in [-0.2, 0) is 16.1 Å². The van der Waals surface area contributed by atoms with Crippen LogP contribution in [0.15, 0.2) is 41.0 Å². The summed E-state index contributed by atoms with van der Waals surface area (Å²) in [5.74, 6) is 0.188. The number of aryl methyl sites for hydroxylation is 2. The van der Waals surface area contributed by atoms with E-state index in [9.17, 15) is 5.11 Å². The molecule has 0 aliphatic carbocycles. The van der Waals surface area contributed by atoms with E-state index in [0.29, 0.717) is 6.61 Å². The maximum Gasteiger partial charge on any atom is 0.162 e. The van der Waals surface area contributed by atoms with Crippen LogP contribution in [0.5, 0.6) is 5.75 Å². The summed E-state index contributed by atoms with van der Waals surface area (Å²) in [5.41, 5.74) is 6.23. The third-order valence-electron chi connectivity index (χ3n) is 5.08. The van der Waals surface area contributed by atoms with E-state index in [1.54, 1.807) is 0 Å². The van der Waals surface area contributed by atoms with E-state index >= 15 is 0 Å². The Morgan fingerprint density at radius 3 is 2.88 bits per heavy atom. The van der Waals surface area contributed by atoms with Crippen LogP contribution in [0.2, 0.25) is 0 Å². The Morgan fingerprint density at radius 2 is 2.08 bits per heavy atom. The lowest BCUT2D eigenvalue weighted by molar-refractivity contribution is -0.168. The van der Waals surface area contributed by atoms with Gasteiger partial charge in [0.15, 0.2) is 12.0 Å². The van der Waals surface area contributed by atoms with Crippen molar-refractivity contribution >= 4 is 11.0 Å². The molecule has 0 bridgehead atoms. The molecule has 26 heavy (non-hydrogen) atoms. The molecule has 4 rings (SSSR count). The summed E-state index contributed by atoms with van der Waals surface area (Å²) in [7, 11) is 0. The van der Waals surface area contributed by atoms with Crippen molar-refractivity contribution in [1.82, 2.24) is 0 Å². The number of furan rings is 1. The van der Waals surface area contributed by atoms with Gasteiger partial charge < -0.3 is 19.0 Å². The average molecular weight is 352 g/mol. The van der Waals surface area contributed by atoms with Gasteiger partial charge in [-0.3, -0.25) is 0 Å². The highest BCUT2D eigenvalue weighted by molar-refractivity contribution is 5.94. The first-order valence-corrected chi connectivity index (χ1v) is 9.16. The van der Waals surface area contributed by atoms with Crippen LogP contribution >= 0.6 is 0 Å². The Morgan fingerprint density at radius 1 is 1.19 bits per heavy atom. The third kappa shape index (κ3) is 3.22. The summed E-state index contributed by atoms with van der Waals surface area (Å²) >= 11 is 0. The van der Waals surface area contributed by atoms with E-state index in [0.717, 1.165) is 64.7 Å². The van der Waals surface area contributed by atoms with Gasteiger partial charge in [-0.15, -0.1) is 0 Å². The molecule has 1 unspecified atom stereocenters. The van der Waals surface area contributed by atoms with Crippen molar-refractivity contribution in [2.45, 2.75) is 46.0 Å². The zero-order valence-electron chi connectivity index (χ0n) is 15.2. The first-order chi connectivity index (χ1) is 12.6. The van der Waals surface area contributed by atoms with Gasteiger partial charge in [0, 0.05) is 6.61 Å². The van der Waals surface area contributed by atoms with Gasteiger partial charge in [-0.1, -0.05) is 18.2 Å². The van der Waals surface area contributed by atoms with E-state index < -0.39 is 0 Å². The molecule has 2 heterocycles. The van der Waals surface area contributed by atoms with Crippen molar-refractivity contribution in [3.05, 3.63) is 53.3 Å². The number of aromatic hydroxyl groups is 1. The van der Waals surface area contributed by atoms with Gasteiger partial charge in [0.25, 0.3) is 0 Å². The molecule has 1 N–H and O–H groups in total. The lowest BCUT2D eigenvalue weighted by Crippen LogP contribution is -2.21. The fourth-order valence-corrected chi connectivity index (χ4v) is 3.83. The maximum absolute atomic E-state index is 10.1. The summed E-state index contributed by atoms with van der Waals surface area (Å²) < 4.78 is 17.0. The highest BCUT2D eigenvalue weighted by Crippen LogP contribution is 2.38. The fraction of sp³-hybridized carbons (Fsp3) is 0.364. The predicted octanol–water partition coefficient (Wildman–Crippen LogP) is 5.47. The third-order valence-corrected chi connectivity index (χ3v) is 5.08. The minimum Gasteiger partial charge on any atom is -0.504 e. The number of hydrogen-bond donors (Lipinski definition) is 1. The van der Waals surface area contributed by atoms with Crippen LogP contribution in [0.4, 0.5) is 0 Å². The summed E-state index contributed by atoms with van der Waals surface area (Å²) in [6, 6.07) is 10.4. The van der Waals surface area contributed by atoms with Crippen LogP contribution in [0.3, 0.4) is 0 Å². The molecule has 1 saturated heterocycles. The van der Waals surface area contributed by atoms with Crippen molar-refractivity contribution in [3.8, 4) is 16.9 Å². The van der Waals surface area contributed by atoms with E-state index in [2.05, 4.69) is 25.1 Å². The lowest BCUT2D eigenvalue weighted by Gasteiger charge is -2.22. The molecule has 1 aromatic heterocycles. The van der Waals surface area contributed by atoms with Gasteiger partial charge in [0.2, 0.25) is 0 Å². The molecule has 1 aliphatic rings. The average Bonchev–Trinajstić information content (AvgIpc) is 3.02. The molecule has 0 spiro atoms. The van der Waals surface area contributed by atoms with Crippen molar-refractivity contribution in [2.24, 2.45) is 0 Å². The van der Waals surface area contributed by atoms with Crippen LogP contribution in [0.1, 0.15) is 36.0 Å². The highest BCUT2D eigenvalue weighted by Gasteiger charge is 2.17. The number of fused-ring (bicyclic) bond motifs is 1. The highest BCUT2D eigenvalue weighted by atomic mass is 16.7. The fourth-order valence-electron chi connectivity index (χ4n) is 3.83. The van der Waals surface area contributed by atoms with Crippen LogP contribution in [0.25, 0.3) is 22.1 Å². The summed E-state index contributed by atoms with van der Waals surface area (Å²) in [6.45, 7) is 5.42. The molecule has 1 atom stereocenters.